The summed E-state index contributed by atoms with van der Waals surface area (Å²) in [4.78, 5) is 0. The molecule has 0 amide bonds. The predicted octanol–water partition coefficient (Wildman–Crippen LogP) is -0.605. The quantitative estimate of drug-likeness (QED) is 0.618. The zero-order chi connectivity index (χ0) is 9.41. The van der Waals surface area contributed by atoms with Crippen molar-refractivity contribution in [1.82, 2.24) is 10.3 Å². The normalized spacial score (nSPS) is 13.2. The summed E-state index contributed by atoms with van der Waals surface area (Å²) in [6.07, 6.45) is 1.55. The summed E-state index contributed by atoms with van der Waals surface area (Å²) in [7, 11) is -5.33. The minimum Gasteiger partial charge on any atom is -0.172 e. The number of aromatic amines is 1. The molecule has 1 N–H and O–H groups in total. The maximum atomic E-state index is 11.7. The summed E-state index contributed by atoms with van der Waals surface area (Å²) in [6.45, 7) is 0. The first kappa shape index (κ1) is 8.97. The largest absolute Gasteiger partial charge is 0.539 e. The van der Waals surface area contributed by atoms with Crippen molar-refractivity contribution in [1.29, 1.82) is 0 Å². The van der Waals surface area contributed by atoms with Crippen molar-refractivity contribution in [2.24, 2.45) is 0 Å². The number of hydrogen-bond donors (Lipinski definition) is 1. The molecule has 0 fully saturated rings. The highest BCUT2D eigenvalue weighted by Gasteiger charge is 2.51. The molecule has 1 heterocycles. The topological polar surface area (TPSA) is 66.7 Å². The summed E-state index contributed by atoms with van der Waals surface area (Å²) in [5.41, 5.74) is -5.32. The highest BCUT2D eigenvalue weighted by molar-refractivity contribution is 7.85. The minimum absolute atomic E-state index is 0.118. The Morgan fingerprint density at radius 3 is 2.33 bits per heavy atom. The summed E-state index contributed by atoms with van der Waals surface area (Å²) < 4.78 is 56.1. The van der Waals surface area contributed by atoms with Gasteiger partial charge in [0.15, 0.2) is 6.20 Å². The van der Waals surface area contributed by atoms with Crippen LogP contribution in [0, 0.1) is 0 Å². The molecule has 0 unspecified atom stereocenters. The first-order chi connectivity index (χ1) is 5.36. The molecule has 0 bridgehead atoms. The molecule has 1 aromatic rings. The molecule has 1 aromatic heterocycles. The van der Waals surface area contributed by atoms with Crippen molar-refractivity contribution >= 4 is 10.0 Å². The lowest BCUT2D eigenvalue weighted by Gasteiger charge is -2.01. The smallest absolute Gasteiger partial charge is 0.172 e. The number of hydrogen-bond acceptors (Lipinski definition) is 3. The van der Waals surface area contributed by atoms with Gasteiger partial charge in [-0.05, 0) is 9.30 Å². The van der Waals surface area contributed by atoms with Gasteiger partial charge in [-0.15, -0.1) is 0 Å². The number of nitrogens with zero attached hydrogens (tertiary/aromatic N) is 2. The molecule has 0 aliphatic carbocycles. The molecule has 0 atom stereocenters. The predicted molar refractivity (Wildman–Crippen MR) is 29.2 cm³/mol. The Hall–Kier alpha value is -1.12. The molecule has 0 aliphatic rings. The molecule has 0 spiro atoms. The number of H-pyrrole nitrogens is 1. The van der Waals surface area contributed by atoms with Crippen LogP contribution in [-0.4, -0.2) is 24.2 Å². The Kier molecular flexibility index (Phi) is 1.82. The zero-order valence-electron chi connectivity index (χ0n) is 5.41. The first-order valence-electron chi connectivity index (χ1n) is 2.58. The molecule has 5 nitrogen and oxygen atoms in total. The van der Waals surface area contributed by atoms with Crippen molar-refractivity contribution in [3.8, 4) is 0 Å². The van der Waals surface area contributed by atoms with Crippen molar-refractivity contribution in [2.45, 2.75) is 5.51 Å². The van der Waals surface area contributed by atoms with Crippen molar-refractivity contribution < 1.29 is 25.7 Å². The Balaban J connectivity index is 3.22. The van der Waals surface area contributed by atoms with Gasteiger partial charge in [0.05, 0.1) is 0 Å². The van der Waals surface area contributed by atoms with Crippen LogP contribution in [0.15, 0.2) is 12.4 Å². The van der Waals surface area contributed by atoms with Crippen LogP contribution in [0.25, 0.3) is 0 Å². The zero-order valence-corrected chi connectivity index (χ0v) is 6.22. The van der Waals surface area contributed by atoms with Crippen LogP contribution in [-0.2, 0) is 10.0 Å². The monoisotopic (exact) mass is 202 g/mol. The maximum absolute atomic E-state index is 11.7. The third kappa shape index (κ3) is 1.26. The van der Waals surface area contributed by atoms with Gasteiger partial charge in [0, 0.05) is 5.10 Å². The Labute approximate surface area is 64.8 Å². The third-order valence-electron chi connectivity index (χ3n) is 0.984. The molecule has 0 aromatic carbocycles. The lowest BCUT2D eigenvalue weighted by molar-refractivity contribution is -0.585. The van der Waals surface area contributed by atoms with E-state index >= 15 is 0 Å². The van der Waals surface area contributed by atoms with Gasteiger partial charge in [-0.25, -0.2) is 0 Å². The van der Waals surface area contributed by atoms with Crippen LogP contribution in [0.4, 0.5) is 13.2 Å². The number of rotatable bonds is 1. The van der Waals surface area contributed by atoms with E-state index in [0.29, 0.717) is 6.20 Å². The second-order valence-electron chi connectivity index (χ2n) is 1.77. The lowest BCUT2D eigenvalue weighted by atomic mass is 11.0. The molecule has 0 saturated heterocycles. The highest BCUT2D eigenvalue weighted by Crippen LogP contribution is 2.20. The summed E-state index contributed by atoms with van der Waals surface area (Å²) in [5, 5.41) is 4.70. The number of nitrogens with one attached hydrogen (secondary N) is 1. The summed E-state index contributed by atoms with van der Waals surface area (Å²) in [6, 6.07) is 0. The van der Waals surface area contributed by atoms with Crippen molar-refractivity contribution in [3.05, 3.63) is 12.4 Å². The van der Waals surface area contributed by atoms with Crippen LogP contribution in [0.2, 0.25) is 0 Å². The molecular formula is C3H3F3N3O2S+. The van der Waals surface area contributed by atoms with Crippen LogP contribution in [0.5, 0.6) is 0 Å². The SMILES string of the molecule is O=S(=O)([n+]1ccn[nH]1)C(F)(F)F. The van der Waals surface area contributed by atoms with Gasteiger partial charge in [-0.3, -0.25) is 0 Å². The second-order valence-corrected chi connectivity index (χ2v) is 3.58. The van der Waals surface area contributed by atoms with E-state index in [0.717, 1.165) is 6.20 Å². The summed E-state index contributed by atoms with van der Waals surface area (Å²) in [5.74, 6) is 0. The molecule has 0 saturated carbocycles. The Bertz CT molecular complexity index is 353. The van der Waals surface area contributed by atoms with Crippen LogP contribution in [0.1, 0.15) is 0 Å². The van der Waals surface area contributed by atoms with Gasteiger partial charge in [0.25, 0.3) is 0 Å². The molecule has 0 radical (unpaired) electrons. The van der Waals surface area contributed by atoms with Gasteiger partial charge in [0.2, 0.25) is 6.20 Å². The van der Waals surface area contributed by atoms with E-state index in [4.69, 9.17) is 0 Å². The van der Waals surface area contributed by atoms with Gasteiger partial charge in [-0.2, -0.15) is 21.6 Å². The highest BCUT2D eigenvalue weighted by atomic mass is 32.2. The number of alkyl halides is 3. The fourth-order valence-corrected chi connectivity index (χ4v) is 1.06. The van der Waals surface area contributed by atoms with E-state index in [1.165, 1.54) is 0 Å². The van der Waals surface area contributed by atoms with Crippen molar-refractivity contribution in [3.63, 3.8) is 0 Å². The van der Waals surface area contributed by atoms with Crippen LogP contribution >= 0.6 is 0 Å². The van der Waals surface area contributed by atoms with Gasteiger partial charge < -0.3 is 0 Å². The van der Waals surface area contributed by atoms with E-state index in [2.05, 4.69) is 5.10 Å². The second kappa shape index (κ2) is 2.44. The summed E-state index contributed by atoms with van der Waals surface area (Å²) >= 11 is 0. The fourth-order valence-electron chi connectivity index (χ4n) is 0.463. The van der Waals surface area contributed by atoms with Crippen LogP contribution < -0.4 is 4.09 Å². The third-order valence-corrected chi connectivity index (χ3v) is 2.29. The molecular weight excluding hydrogens is 199 g/mol. The van der Waals surface area contributed by atoms with Crippen LogP contribution in [0.3, 0.4) is 0 Å². The van der Waals surface area contributed by atoms with E-state index in [9.17, 15) is 21.6 Å². The average molecular weight is 202 g/mol. The van der Waals surface area contributed by atoms with E-state index in [1.54, 1.807) is 5.21 Å². The van der Waals surface area contributed by atoms with Gasteiger partial charge >= 0.3 is 15.5 Å². The van der Waals surface area contributed by atoms with Crippen molar-refractivity contribution in [2.75, 3.05) is 0 Å². The van der Waals surface area contributed by atoms with E-state index in [-0.39, 0.29) is 4.09 Å². The van der Waals surface area contributed by atoms with Gasteiger partial charge in [0.1, 0.15) is 0 Å². The molecule has 68 valence electrons. The molecule has 0 aliphatic heterocycles. The molecule has 9 heteroatoms. The Morgan fingerprint density at radius 1 is 1.42 bits per heavy atom. The average Bonchev–Trinajstić information content (AvgIpc) is 2.34. The van der Waals surface area contributed by atoms with Gasteiger partial charge in [-0.1, -0.05) is 0 Å². The lowest BCUT2D eigenvalue weighted by Crippen LogP contribution is -2.51. The minimum atomic E-state index is -5.33. The first-order valence-corrected chi connectivity index (χ1v) is 4.02. The maximum Gasteiger partial charge on any atom is 0.539 e. The fraction of sp³-hybridized carbons (Fsp3) is 0.333. The molecule has 1 rings (SSSR count). The number of aromatic nitrogens is 3. The Morgan fingerprint density at radius 2 is 2.00 bits per heavy atom. The van der Waals surface area contributed by atoms with E-state index < -0.39 is 15.5 Å². The van der Waals surface area contributed by atoms with E-state index in [1.807, 2.05) is 0 Å². The standard InChI is InChI=1S/C3H2F3N3O2S/c4-3(5,6)12(10,11)9-2-1-7-8-9/h1-2H/p+1. The number of halogens is 3. The molecule has 12 heavy (non-hydrogen) atoms.